The van der Waals surface area contributed by atoms with Crippen molar-refractivity contribution in [1.29, 1.82) is 0 Å². The Balaban J connectivity index is 1.39. The molecule has 2 aliphatic heterocycles. The van der Waals surface area contributed by atoms with Crippen LogP contribution in [0.4, 0.5) is 0 Å². The molecule has 0 amide bonds. The third kappa shape index (κ3) is 2.30. The van der Waals surface area contributed by atoms with Crippen molar-refractivity contribution >= 4 is 0 Å². The first-order chi connectivity index (χ1) is 11.9. The zero-order valence-corrected chi connectivity index (χ0v) is 13.2. The number of rotatable bonds is 3. The zero-order chi connectivity index (χ0) is 15.9. The maximum atomic E-state index is 5.52. The minimum absolute atomic E-state index is 0.290. The van der Waals surface area contributed by atoms with Gasteiger partial charge in [0.2, 0.25) is 11.7 Å². The van der Waals surface area contributed by atoms with Crippen LogP contribution in [0.5, 0.6) is 0 Å². The Labute approximate surface area is 139 Å². The van der Waals surface area contributed by atoms with Crippen LogP contribution in [0.3, 0.4) is 0 Å². The molecule has 5 heterocycles. The van der Waals surface area contributed by atoms with Crippen LogP contribution in [0, 0.1) is 5.92 Å². The number of nitrogens with zero attached hydrogens (tertiary/aromatic N) is 5. The van der Waals surface area contributed by atoms with Gasteiger partial charge in [-0.2, -0.15) is 4.98 Å². The van der Waals surface area contributed by atoms with Gasteiger partial charge in [-0.05, 0) is 49.6 Å². The molecule has 6 heteroatoms. The third-order valence-corrected chi connectivity index (χ3v) is 4.99. The van der Waals surface area contributed by atoms with Crippen LogP contribution >= 0.6 is 0 Å². The van der Waals surface area contributed by atoms with Gasteiger partial charge in [0.15, 0.2) is 0 Å². The summed E-state index contributed by atoms with van der Waals surface area (Å²) in [5.74, 6) is 2.07. The molecule has 5 rings (SSSR count). The molecule has 0 radical (unpaired) electrons. The van der Waals surface area contributed by atoms with Crippen LogP contribution in [0.1, 0.15) is 24.8 Å². The minimum atomic E-state index is 0.290. The SMILES string of the molecule is c1ccc(-c2ccc(-c3noc(C4CC5CCN4C5)n3)nc2)nc1. The van der Waals surface area contributed by atoms with E-state index in [4.69, 9.17) is 4.52 Å². The van der Waals surface area contributed by atoms with Crippen molar-refractivity contribution in [2.75, 3.05) is 13.1 Å². The van der Waals surface area contributed by atoms with Gasteiger partial charge in [0.05, 0.1) is 11.7 Å². The van der Waals surface area contributed by atoms with Crippen LogP contribution in [-0.2, 0) is 0 Å². The predicted octanol–water partition coefficient (Wildman–Crippen LogP) is 2.96. The fourth-order valence-electron chi connectivity index (χ4n) is 3.75. The number of fused-ring (bicyclic) bond motifs is 2. The van der Waals surface area contributed by atoms with E-state index in [2.05, 4.69) is 25.0 Å². The fourth-order valence-corrected chi connectivity index (χ4v) is 3.75. The largest absolute Gasteiger partial charge is 0.337 e. The number of piperidine rings is 1. The lowest BCUT2D eigenvalue weighted by Gasteiger charge is -2.20. The standard InChI is InChI=1S/C18H17N5O/c1-2-7-19-14(3-1)13-4-5-15(20-10-13)17-21-18(24-22-17)16-9-12-6-8-23(16)11-12/h1-5,7,10,12,16H,6,8-9,11H2. The van der Waals surface area contributed by atoms with E-state index in [-0.39, 0.29) is 6.04 Å². The average Bonchev–Trinajstić information content (AvgIpc) is 3.39. The van der Waals surface area contributed by atoms with Gasteiger partial charge in [-0.1, -0.05) is 11.2 Å². The molecule has 2 saturated heterocycles. The molecule has 2 aliphatic rings. The molecule has 0 N–H and O–H groups in total. The van der Waals surface area contributed by atoms with E-state index in [9.17, 15) is 0 Å². The van der Waals surface area contributed by atoms with Crippen LogP contribution in [0.2, 0.25) is 0 Å². The fraction of sp³-hybridized carbons (Fsp3) is 0.333. The molecule has 6 nitrogen and oxygen atoms in total. The monoisotopic (exact) mass is 319 g/mol. The summed E-state index contributed by atoms with van der Waals surface area (Å²) in [5.41, 5.74) is 2.60. The lowest BCUT2D eigenvalue weighted by molar-refractivity contribution is 0.209. The highest BCUT2D eigenvalue weighted by molar-refractivity contribution is 5.60. The average molecular weight is 319 g/mol. The molecule has 0 saturated carbocycles. The molecule has 0 spiro atoms. The topological polar surface area (TPSA) is 67.9 Å². The van der Waals surface area contributed by atoms with Crippen LogP contribution < -0.4 is 0 Å². The number of hydrogen-bond acceptors (Lipinski definition) is 6. The highest BCUT2D eigenvalue weighted by Crippen LogP contribution is 2.41. The van der Waals surface area contributed by atoms with Crippen molar-refractivity contribution in [1.82, 2.24) is 25.0 Å². The van der Waals surface area contributed by atoms with Gasteiger partial charge >= 0.3 is 0 Å². The van der Waals surface area contributed by atoms with Crippen molar-refractivity contribution in [3.63, 3.8) is 0 Å². The van der Waals surface area contributed by atoms with Crippen molar-refractivity contribution in [2.45, 2.75) is 18.9 Å². The first kappa shape index (κ1) is 13.8. The summed E-state index contributed by atoms with van der Waals surface area (Å²) in [6.45, 7) is 2.31. The lowest BCUT2D eigenvalue weighted by Crippen LogP contribution is -2.22. The third-order valence-electron chi connectivity index (χ3n) is 4.99. The summed E-state index contributed by atoms with van der Waals surface area (Å²) in [5, 5.41) is 4.13. The molecule has 24 heavy (non-hydrogen) atoms. The Bertz CT molecular complexity index is 845. The van der Waals surface area contributed by atoms with Crippen LogP contribution in [0.25, 0.3) is 22.8 Å². The van der Waals surface area contributed by atoms with Crippen molar-refractivity contribution in [2.24, 2.45) is 5.92 Å². The minimum Gasteiger partial charge on any atom is -0.337 e. The highest BCUT2D eigenvalue weighted by atomic mass is 16.5. The maximum Gasteiger partial charge on any atom is 0.244 e. The van der Waals surface area contributed by atoms with E-state index >= 15 is 0 Å². The second-order valence-electron chi connectivity index (χ2n) is 6.50. The Morgan fingerprint density at radius 2 is 2.08 bits per heavy atom. The summed E-state index contributed by atoms with van der Waals surface area (Å²) in [7, 11) is 0. The van der Waals surface area contributed by atoms with E-state index in [1.54, 1.807) is 12.4 Å². The van der Waals surface area contributed by atoms with E-state index < -0.39 is 0 Å². The van der Waals surface area contributed by atoms with E-state index in [0.717, 1.165) is 41.7 Å². The summed E-state index contributed by atoms with van der Waals surface area (Å²) in [6.07, 6.45) is 6.01. The van der Waals surface area contributed by atoms with E-state index in [1.165, 1.54) is 13.0 Å². The van der Waals surface area contributed by atoms with Gasteiger partial charge in [0, 0.05) is 24.5 Å². The zero-order valence-electron chi connectivity index (χ0n) is 13.2. The van der Waals surface area contributed by atoms with E-state index in [1.807, 2.05) is 30.3 Å². The molecule has 2 bridgehead atoms. The summed E-state index contributed by atoms with van der Waals surface area (Å²) >= 11 is 0. The molecule has 0 aromatic carbocycles. The maximum absolute atomic E-state index is 5.52. The molecule has 3 aromatic heterocycles. The molecule has 3 aromatic rings. The van der Waals surface area contributed by atoms with Gasteiger partial charge in [-0.3, -0.25) is 14.9 Å². The Morgan fingerprint density at radius 1 is 1.08 bits per heavy atom. The lowest BCUT2D eigenvalue weighted by atomic mass is 10.0. The molecule has 3 atom stereocenters. The quantitative estimate of drug-likeness (QED) is 0.739. The first-order valence-electron chi connectivity index (χ1n) is 8.32. The highest BCUT2D eigenvalue weighted by Gasteiger charge is 2.41. The molecule has 2 fully saturated rings. The van der Waals surface area contributed by atoms with E-state index in [0.29, 0.717) is 5.82 Å². The molecule has 3 unspecified atom stereocenters. The predicted molar refractivity (Wildman–Crippen MR) is 87.8 cm³/mol. The Hall–Kier alpha value is -2.60. The molecule has 120 valence electrons. The van der Waals surface area contributed by atoms with Crippen molar-refractivity contribution < 1.29 is 4.52 Å². The second-order valence-corrected chi connectivity index (χ2v) is 6.50. The van der Waals surface area contributed by atoms with Crippen LogP contribution in [-0.4, -0.2) is 38.1 Å². The Kier molecular flexibility index (Phi) is 3.16. The second kappa shape index (κ2) is 5.49. The molecule has 0 aliphatic carbocycles. The van der Waals surface area contributed by atoms with Gasteiger partial charge in [-0.25, -0.2) is 0 Å². The van der Waals surface area contributed by atoms with Crippen LogP contribution in [0.15, 0.2) is 47.2 Å². The van der Waals surface area contributed by atoms with Crippen molar-refractivity contribution in [3.05, 3.63) is 48.6 Å². The smallest absolute Gasteiger partial charge is 0.244 e. The van der Waals surface area contributed by atoms with Gasteiger partial charge < -0.3 is 4.52 Å². The number of pyridine rings is 2. The van der Waals surface area contributed by atoms with Crippen molar-refractivity contribution in [3.8, 4) is 22.8 Å². The molecular weight excluding hydrogens is 302 g/mol. The first-order valence-corrected chi connectivity index (χ1v) is 8.32. The van der Waals surface area contributed by atoms with Gasteiger partial charge in [0.25, 0.3) is 0 Å². The molecular formula is C18H17N5O. The Morgan fingerprint density at radius 3 is 2.79 bits per heavy atom. The summed E-state index contributed by atoms with van der Waals surface area (Å²) < 4.78 is 5.52. The van der Waals surface area contributed by atoms with Gasteiger partial charge in [0.1, 0.15) is 5.69 Å². The number of aromatic nitrogens is 4. The normalized spacial score (nSPS) is 25.2. The summed E-state index contributed by atoms with van der Waals surface area (Å²) in [6, 6.07) is 10.0. The van der Waals surface area contributed by atoms with Gasteiger partial charge in [-0.15, -0.1) is 0 Å². The number of hydrogen-bond donors (Lipinski definition) is 0. The summed E-state index contributed by atoms with van der Waals surface area (Å²) in [4.78, 5) is 15.8.